The number of carbonyl (C=O) groups excluding carboxylic acids is 2. The van der Waals surface area contributed by atoms with Gasteiger partial charge in [0.15, 0.2) is 0 Å². The number of phosphoric acid groups is 1. The van der Waals surface area contributed by atoms with E-state index in [2.05, 4.69) is 20.3 Å². The molecule has 0 saturated heterocycles. The zero-order valence-electron chi connectivity index (χ0n) is 20.7. The highest BCUT2D eigenvalue weighted by molar-refractivity contribution is 7.46. The highest BCUT2D eigenvalue weighted by atomic mass is 35.5. The largest absolute Gasteiger partial charge is 0.469 e. The number of fused-ring (bicyclic) bond motifs is 1. The van der Waals surface area contributed by atoms with Gasteiger partial charge in [-0.15, -0.1) is 0 Å². The summed E-state index contributed by atoms with van der Waals surface area (Å²) in [4.78, 5) is 47.0. The van der Waals surface area contributed by atoms with Gasteiger partial charge in [-0.25, -0.2) is 19.8 Å². The minimum Gasteiger partial charge on any atom is -0.447 e. The Morgan fingerprint density at radius 3 is 2.53 bits per heavy atom. The summed E-state index contributed by atoms with van der Waals surface area (Å²) in [6.45, 7) is 1.33. The van der Waals surface area contributed by atoms with Gasteiger partial charge in [0.1, 0.15) is 12.4 Å². The van der Waals surface area contributed by atoms with Crippen molar-refractivity contribution in [3.05, 3.63) is 71.4 Å². The van der Waals surface area contributed by atoms with Crippen LogP contribution in [0.4, 0.5) is 10.6 Å². The zero-order chi connectivity index (χ0) is 27.5. The SMILES string of the molecule is CC(=O)N(NCc1ccccc1Cl)C(CCCCOP(=O)(O)O)COC(=O)Nc1cc2ccccc2cn1. The van der Waals surface area contributed by atoms with Gasteiger partial charge >= 0.3 is 13.9 Å². The lowest BCUT2D eigenvalue weighted by molar-refractivity contribution is -0.136. The monoisotopic (exact) mass is 564 g/mol. The van der Waals surface area contributed by atoms with Crippen LogP contribution in [0.2, 0.25) is 5.02 Å². The molecule has 0 aliphatic heterocycles. The molecule has 11 nitrogen and oxygen atoms in total. The maximum absolute atomic E-state index is 12.5. The summed E-state index contributed by atoms with van der Waals surface area (Å²) in [5, 5.41) is 6.33. The second kappa shape index (κ2) is 14.2. The van der Waals surface area contributed by atoms with Gasteiger partial charge in [-0.3, -0.25) is 19.6 Å². The van der Waals surface area contributed by atoms with E-state index in [9.17, 15) is 14.2 Å². The van der Waals surface area contributed by atoms with E-state index >= 15 is 0 Å². The second-order valence-electron chi connectivity index (χ2n) is 8.43. The molecule has 13 heteroatoms. The summed E-state index contributed by atoms with van der Waals surface area (Å²) >= 11 is 6.23. The summed E-state index contributed by atoms with van der Waals surface area (Å²) < 4.78 is 20.8. The Kier molecular flexibility index (Phi) is 11.0. The Hall–Kier alpha value is -3.05. The third-order valence-corrected chi connectivity index (χ3v) is 6.45. The van der Waals surface area contributed by atoms with Crippen LogP contribution in [0.1, 0.15) is 31.7 Å². The molecule has 0 saturated carbocycles. The summed E-state index contributed by atoms with van der Waals surface area (Å²) in [6, 6.07) is 15.9. The van der Waals surface area contributed by atoms with E-state index in [-0.39, 0.29) is 25.7 Å². The van der Waals surface area contributed by atoms with Gasteiger partial charge in [-0.2, -0.15) is 0 Å². The number of pyridine rings is 1. The quantitative estimate of drug-likeness (QED) is 0.132. The van der Waals surface area contributed by atoms with Crippen LogP contribution in [0, 0.1) is 0 Å². The first kappa shape index (κ1) is 29.5. The van der Waals surface area contributed by atoms with Crippen molar-refractivity contribution >= 4 is 48.0 Å². The molecule has 0 spiro atoms. The molecule has 3 rings (SSSR count). The number of nitrogens with zero attached hydrogens (tertiary/aromatic N) is 2. The molecule has 1 aromatic heterocycles. The van der Waals surface area contributed by atoms with Crippen molar-refractivity contribution in [2.75, 3.05) is 18.5 Å². The second-order valence-corrected chi connectivity index (χ2v) is 10.1. The fourth-order valence-electron chi connectivity index (χ4n) is 3.73. The molecule has 2 aromatic carbocycles. The smallest absolute Gasteiger partial charge is 0.447 e. The molecule has 0 aliphatic rings. The molecule has 1 unspecified atom stereocenters. The number of amides is 2. The lowest BCUT2D eigenvalue weighted by atomic mass is 10.1. The number of nitrogens with one attached hydrogen (secondary N) is 2. The number of hydrazine groups is 1. The first-order valence-electron chi connectivity index (χ1n) is 11.9. The van der Waals surface area contributed by atoms with Crippen LogP contribution in [0.3, 0.4) is 0 Å². The average Bonchev–Trinajstić information content (AvgIpc) is 2.86. The molecule has 204 valence electrons. The Morgan fingerprint density at radius 1 is 1.11 bits per heavy atom. The van der Waals surface area contributed by atoms with Crippen LogP contribution < -0.4 is 10.7 Å². The third kappa shape index (κ3) is 9.68. The van der Waals surface area contributed by atoms with E-state index in [0.29, 0.717) is 30.1 Å². The number of ether oxygens (including phenoxy) is 1. The lowest BCUT2D eigenvalue weighted by Crippen LogP contribution is -2.50. The van der Waals surface area contributed by atoms with Crippen molar-refractivity contribution in [1.82, 2.24) is 15.4 Å². The first-order valence-corrected chi connectivity index (χ1v) is 13.8. The van der Waals surface area contributed by atoms with Crippen molar-refractivity contribution < 1.29 is 33.2 Å². The maximum atomic E-state index is 12.5. The number of unbranched alkanes of at least 4 members (excludes halogenated alkanes) is 1. The molecule has 0 aliphatic carbocycles. The topological polar surface area (TPSA) is 150 Å². The minimum atomic E-state index is -4.56. The van der Waals surface area contributed by atoms with E-state index < -0.39 is 20.0 Å². The summed E-state index contributed by atoms with van der Waals surface area (Å²) in [6.07, 6.45) is 2.03. The summed E-state index contributed by atoms with van der Waals surface area (Å²) in [7, 11) is -4.56. The first-order chi connectivity index (χ1) is 18.1. The van der Waals surface area contributed by atoms with Crippen molar-refractivity contribution in [2.24, 2.45) is 0 Å². The van der Waals surface area contributed by atoms with Gasteiger partial charge in [0.05, 0.1) is 12.6 Å². The van der Waals surface area contributed by atoms with Crippen LogP contribution in [0.5, 0.6) is 0 Å². The Bertz CT molecular complexity index is 1290. The summed E-state index contributed by atoms with van der Waals surface area (Å²) in [5.74, 6) is 0.00817. The van der Waals surface area contributed by atoms with E-state index in [1.165, 1.54) is 11.9 Å². The molecule has 0 fully saturated rings. The number of phosphoric ester groups is 1. The van der Waals surface area contributed by atoms with Crippen molar-refractivity contribution in [1.29, 1.82) is 0 Å². The number of carbonyl (C=O) groups is 2. The van der Waals surface area contributed by atoms with Crippen LogP contribution in [-0.2, 0) is 25.2 Å². The normalized spacial score (nSPS) is 12.2. The maximum Gasteiger partial charge on any atom is 0.469 e. The van der Waals surface area contributed by atoms with E-state index in [4.69, 9.17) is 26.1 Å². The minimum absolute atomic E-state index is 0.145. The Morgan fingerprint density at radius 2 is 1.82 bits per heavy atom. The van der Waals surface area contributed by atoms with Crippen molar-refractivity contribution in [3.63, 3.8) is 0 Å². The van der Waals surface area contributed by atoms with E-state index in [0.717, 1.165) is 16.3 Å². The molecular formula is C25H30ClN4O7P. The van der Waals surface area contributed by atoms with Crippen molar-refractivity contribution in [2.45, 2.75) is 38.8 Å². The predicted molar refractivity (Wildman–Crippen MR) is 143 cm³/mol. The number of halogens is 1. The third-order valence-electron chi connectivity index (χ3n) is 5.56. The number of aromatic nitrogens is 1. The molecule has 1 heterocycles. The molecule has 1 atom stereocenters. The fourth-order valence-corrected chi connectivity index (χ4v) is 4.30. The zero-order valence-corrected chi connectivity index (χ0v) is 22.4. The number of anilines is 1. The molecule has 2 amide bonds. The number of hydrogen-bond acceptors (Lipinski definition) is 7. The van der Waals surface area contributed by atoms with Crippen LogP contribution >= 0.6 is 19.4 Å². The standard InChI is InChI=1S/C25H30ClN4O7P/c1-18(31)30(28-16-21-10-4-5-12-23(21)26)22(11-6-7-13-37-38(33,34)35)17-36-25(32)29-24-14-19-8-2-3-9-20(19)15-27-24/h2-5,8-10,12,14-15,22,28H,6-7,11,13,16-17H2,1H3,(H,27,29,32)(H2,33,34,35). The number of hydrogen-bond donors (Lipinski definition) is 4. The molecule has 4 N–H and O–H groups in total. The highest BCUT2D eigenvalue weighted by Crippen LogP contribution is 2.35. The van der Waals surface area contributed by atoms with Crippen molar-refractivity contribution in [3.8, 4) is 0 Å². The predicted octanol–water partition coefficient (Wildman–Crippen LogP) is 4.64. The van der Waals surface area contributed by atoms with Gasteiger partial charge in [0.2, 0.25) is 5.91 Å². The van der Waals surface area contributed by atoms with E-state index in [1.807, 2.05) is 36.4 Å². The summed E-state index contributed by atoms with van der Waals surface area (Å²) in [5.41, 5.74) is 3.83. The van der Waals surface area contributed by atoms with Gasteiger partial charge in [-0.1, -0.05) is 54.1 Å². The molecular weight excluding hydrogens is 535 g/mol. The van der Waals surface area contributed by atoms with Gasteiger partial charge in [0.25, 0.3) is 0 Å². The van der Waals surface area contributed by atoms with Crippen LogP contribution in [0.25, 0.3) is 10.8 Å². The highest BCUT2D eigenvalue weighted by Gasteiger charge is 2.23. The van der Waals surface area contributed by atoms with Gasteiger partial charge in [0, 0.05) is 30.1 Å². The molecule has 3 aromatic rings. The van der Waals surface area contributed by atoms with Gasteiger partial charge in [-0.05, 0) is 42.3 Å². The van der Waals surface area contributed by atoms with Gasteiger partial charge < -0.3 is 14.5 Å². The number of benzene rings is 2. The lowest BCUT2D eigenvalue weighted by Gasteiger charge is -2.31. The van der Waals surface area contributed by atoms with Crippen LogP contribution in [0.15, 0.2) is 60.8 Å². The van der Waals surface area contributed by atoms with Crippen LogP contribution in [-0.4, -0.2) is 51.0 Å². The molecule has 0 radical (unpaired) electrons. The number of rotatable bonds is 13. The van der Waals surface area contributed by atoms with E-state index in [1.54, 1.807) is 24.4 Å². The Balaban J connectivity index is 1.63. The molecule has 0 bridgehead atoms. The average molecular weight is 565 g/mol. The Labute approximate surface area is 225 Å². The molecule has 38 heavy (non-hydrogen) atoms. The fraction of sp³-hybridized carbons (Fsp3) is 0.320.